The van der Waals surface area contributed by atoms with E-state index in [1.54, 1.807) is 90.7 Å². The number of amides is 9. The minimum absolute atomic E-state index is 0.00393. The number of nitrogens with one attached hydrogen (secondary N) is 9. The van der Waals surface area contributed by atoms with Gasteiger partial charge in [0.1, 0.15) is 6.10 Å². The zero-order valence-corrected chi connectivity index (χ0v) is 54.0. The summed E-state index contributed by atoms with van der Waals surface area (Å²) in [6.07, 6.45) is 3.18. The van der Waals surface area contributed by atoms with Gasteiger partial charge in [-0.1, -0.05) is 12.8 Å². The molecule has 0 aromatic carbocycles. The van der Waals surface area contributed by atoms with Crippen molar-refractivity contribution in [2.75, 3.05) is 83.1 Å². The summed E-state index contributed by atoms with van der Waals surface area (Å²) in [6.45, 7) is 14.1. The molecule has 6 saturated heterocycles. The molecule has 6 rings (SSSR count). The number of ether oxygens (including phenoxy) is 2. The maximum absolute atomic E-state index is 12.1. The third kappa shape index (κ3) is 30.1. The number of rotatable bonds is 34. The zero-order valence-electron chi connectivity index (χ0n) is 48.9. The topological polar surface area (TPSA) is 425 Å². The van der Waals surface area contributed by atoms with Crippen LogP contribution in [0.3, 0.4) is 0 Å². The van der Waals surface area contributed by atoms with Crippen LogP contribution in [-0.2, 0) is 64.7 Å². The van der Waals surface area contributed by atoms with Crippen molar-refractivity contribution in [2.45, 2.75) is 182 Å². The molecule has 0 aromatic heterocycles. The van der Waals surface area contributed by atoms with Gasteiger partial charge in [0.15, 0.2) is 0 Å². The molecule has 36 heteroatoms. The molecule has 13 atom stereocenters. The first kappa shape index (κ1) is 73.9. The van der Waals surface area contributed by atoms with Gasteiger partial charge >= 0.3 is 18.1 Å². The molecular formula is C48H87N9O21P3S3-3. The molecule has 0 radical (unpaired) electrons. The van der Waals surface area contributed by atoms with Crippen molar-refractivity contribution >= 4 is 94.6 Å². The Kier molecular flexibility index (Phi) is 31.4. The number of hydrogen-bond donors (Lipinski definition) is 10. The normalized spacial score (nSPS) is 26.5. The summed E-state index contributed by atoms with van der Waals surface area (Å²) in [7, 11) is -13.0. The van der Waals surface area contributed by atoms with E-state index < -0.39 is 53.5 Å². The molecule has 0 spiro atoms. The summed E-state index contributed by atoms with van der Waals surface area (Å²) in [4.78, 5) is 105. The number of unbranched alkanes of at least 4 members (excludes halogenated alkanes) is 3. The van der Waals surface area contributed by atoms with E-state index in [0.29, 0.717) is 51.7 Å². The van der Waals surface area contributed by atoms with E-state index in [1.807, 2.05) is 0 Å². The minimum atomic E-state index is -4.49. The lowest BCUT2D eigenvalue weighted by Gasteiger charge is -2.31. The van der Waals surface area contributed by atoms with Gasteiger partial charge in [-0.2, -0.15) is 35.3 Å². The summed E-state index contributed by atoms with van der Waals surface area (Å²) < 4.78 is 73.4. The molecule has 13 unspecified atom stereocenters. The fourth-order valence-electron chi connectivity index (χ4n) is 8.88. The summed E-state index contributed by atoms with van der Waals surface area (Å²) in [6, 6.07) is -0.213. The van der Waals surface area contributed by atoms with E-state index in [0.717, 1.165) is 36.5 Å². The molecule has 10 N–H and O–H groups in total. The number of urea groups is 3. The van der Waals surface area contributed by atoms with Gasteiger partial charge in [0.2, 0.25) is 17.7 Å². The first-order chi connectivity index (χ1) is 39.3. The van der Waals surface area contributed by atoms with Crippen LogP contribution in [0.2, 0.25) is 0 Å². The number of hydrogen-bond acceptors (Lipinski definition) is 24. The number of carbonyl (C=O) groups is 6. The molecule has 30 nitrogen and oxygen atoms in total. The Bertz CT molecular complexity index is 2280. The molecule has 0 aliphatic carbocycles. The van der Waals surface area contributed by atoms with Gasteiger partial charge in [0, 0.05) is 78.5 Å². The van der Waals surface area contributed by atoms with Crippen molar-refractivity contribution in [1.29, 1.82) is 0 Å². The molecular weight excluding hydrogens is 1230 g/mol. The fourth-order valence-corrected chi connectivity index (χ4v) is 16.3. The van der Waals surface area contributed by atoms with E-state index in [1.165, 1.54) is 0 Å². The molecule has 6 fully saturated rings. The number of thioether (sulfide) groups is 3. The number of aliphatic hydroxyl groups excluding tert-OH is 1. The van der Waals surface area contributed by atoms with E-state index in [-0.39, 0.29) is 127 Å². The summed E-state index contributed by atoms with van der Waals surface area (Å²) >= 11 is 5.05. The highest BCUT2D eigenvalue weighted by molar-refractivity contribution is 8.00. The average Bonchev–Trinajstić information content (AvgIpc) is 2.77. The highest BCUT2D eigenvalue weighted by Crippen LogP contribution is 2.44. The maximum Gasteiger partial charge on any atom is 0.315 e. The van der Waals surface area contributed by atoms with Gasteiger partial charge in [-0.3, -0.25) is 28.1 Å². The lowest BCUT2D eigenvalue weighted by molar-refractivity contribution is -0.236. The predicted octanol–water partition coefficient (Wildman–Crippen LogP) is 0.829. The van der Waals surface area contributed by atoms with Gasteiger partial charge in [0.25, 0.3) is 23.5 Å². The number of phosphoric acid groups is 3. The van der Waals surface area contributed by atoms with Crippen molar-refractivity contribution in [3.63, 3.8) is 0 Å². The van der Waals surface area contributed by atoms with Crippen LogP contribution in [0.25, 0.3) is 0 Å². The lowest BCUT2D eigenvalue weighted by atomic mass is 10.1. The summed E-state index contributed by atoms with van der Waals surface area (Å²) in [5.74, 6) is 2.22. The third-order valence-corrected chi connectivity index (χ3v) is 20.3. The van der Waals surface area contributed by atoms with Crippen LogP contribution in [0.15, 0.2) is 0 Å². The molecule has 6 aliphatic heterocycles. The Morgan fingerprint density at radius 1 is 0.536 bits per heavy atom. The average molecular weight is 1320 g/mol. The predicted molar refractivity (Wildman–Crippen MR) is 309 cm³/mol. The van der Waals surface area contributed by atoms with Crippen LogP contribution < -0.4 is 62.5 Å². The van der Waals surface area contributed by atoms with Crippen LogP contribution in [0.5, 0.6) is 0 Å². The first-order valence-electron chi connectivity index (χ1n) is 27.9. The van der Waals surface area contributed by atoms with Crippen LogP contribution in [0.1, 0.15) is 107 Å². The van der Waals surface area contributed by atoms with Crippen LogP contribution >= 0.6 is 58.8 Å². The van der Waals surface area contributed by atoms with Gasteiger partial charge in [-0.15, -0.1) is 0 Å². The highest BCUT2D eigenvalue weighted by Gasteiger charge is 2.46. The Morgan fingerprint density at radius 2 is 0.952 bits per heavy atom. The van der Waals surface area contributed by atoms with E-state index >= 15 is 0 Å². The van der Waals surface area contributed by atoms with Crippen LogP contribution in [0, 0.1) is 0 Å². The molecule has 0 aromatic rings. The number of carbonyl (C=O) groups excluding carboxylic acids is 6. The SMILES string of the molecule is CC(C)(C)OP(=O)([O-])OCC(O)COCCCNC(=O)CC1SCC2NC(=O)NC21.CC(C)(C)OP(=O)([O-])OCCOCCNC(=O)CC1SCC2NC(=O)NC21.CC(C)OP(=O)([O-])OCCCCCCNC(=O)CC1SCC2NC(=O)NC21. The first-order valence-corrected chi connectivity index (χ1v) is 35.5. The number of phosphoric ester groups is 3. The molecule has 486 valence electrons. The standard InChI is InChI=1S/C17H32N3O8PS.C16H30N3O6PS.C15H28N3O7PS/c1-17(2,3)28-29(24,25)27-9-11(21)8-26-6-4-5-18-14(22)7-13-15-12(10-30-13)19-16(23)20-15;1-11(2)25-26(22,23)24-8-6-4-3-5-7-17-14(20)9-13-15-12(10-27-13)18-16(21)19-15;1-15(2,3)25-26(21,22)24-7-6-23-5-4-16-12(19)8-11-13-10(9-27-11)17-14(20)18-13/h11-13,15,21H,4-10H2,1-3H3,(H,18,22)(H,24,25)(H2,19,20,23);11-13,15H,3-10H2,1-2H3,(H,17,20)(H,22,23)(H2,18,19,21);10-11,13H,4-9H2,1-3H3,(H,16,19)(H,21,22)(H2,17,18,20)/p-3. The molecule has 84 heavy (non-hydrogen) atoms. The van der Waals surface area contributed by atoms with Crippen molar-refractivity contribution in [3.8, 4) is 0 Å². The lowest BCUT2D eigenvalue weighted by Crippen LogP contribution is -2.40. The fraction of sp³-hybridized carbons (Fsp3) is 0.875. The molecule has 0 bridgehead atoms. The van der Waals surface area contributed by atoms with Gasteiger partial charge in [0.05, 0.1) is 93.2 Å². The van der Waals surface area contributed by atoms with Gasteiger partial charge in [-0.25, -0.2) is 14.4 Å². The smallest absolute Gasteiger partial charge is 0.315 e. The molecule has 0 saturated carbocycles. The summed E-state index contributed by atoms with van der Waals surface area (Å²) in [5, 5.41) is 35.5. The molecule has 9 amide bonds. The van der Waals surface area contributed by atoms with E-state index in [2.05, 4.69) is 52.4 Å². The van der Waals surface area contributed by atoms with Crippen molar-refractivity contribution in [1.82, 2.24) is 47.9 Å². The van der Waals surface area contributed by atoms with E-state index in [9.17, 15) is 62.2 Å². The second kappa shape index (κ2) is 35.6. The van der Waals surface area contributed by atoms with Gasteiger partial charge < -0.3 is 104 Å². The quantitative estimate of drug-likeness (QED) is 0.0242. The van der Waals surface area contributed by atoms with E-state index in [4.69, 9.17) is 32.1 Å². The Labute approximate surface area is 504 Å². The number of fused-ring (bicyclic) bond motifs is 3. The Balaban J connectivity index is 0.000000271. The zero-order chi connectivity index (χ0) is 62.3. The highest BCUT2D eigenvalue weighted by atomic mass is 32.2. The van der Waals surface area contributed by atoms with Crippen molar-refractivity contribution < 1.29 is 98.9 Å². The van der Waals surface area contributed by atoms with Crippen LogP contribution in [-0.4, -0.2) is 199 Å². The number of aliphatic hydroxyl groups is 1. The second-order valence-corrected chi connectivity index (χ2v) is 30.4. The monoisotopic (exact) mass is 1310 g/mol. The molecule has 6 heterocycles. The summed E-state index contributed by atoms with van der Waals surface area (Å²) in [5.41, 5.74) is -1.76. The van der Waals surface area contributed by atoms with Crippen LogP contribution in [0.4, 0.5) is 14.4 Å². The largest absolute Gasteiger partial charge is 0.756 e. The second-order valence-electron chi connectivity index (χ2n) is 22.5. The minimum Gasteiger partial charge on any atom is -0.756 e. The van der Waals surface area contributed by atoms with Crippen molar-refractivity contribution in [3.05, 3.63) is 0 Å². The Hall–Kier alpha value is -2.52. The maximum atomic E-state index is 12.1. The van der Waals surface area contributed by atoms with Crippen molar-refractivity contribution in [2.24, 2.45) is 0 Å². The third-order valence-electron chi connectivity index (χ3n) is 12.3. The van der Waals surface area contributed by atoms with Gasteiger partial charge in [-0.05, 0) is 74.7 Å². The Morgan fingerprint density at radius 3 is 1.40 bits per heavy atom. The molecule has 6 aliphatic rings.